The van der Waals surface area contributed by atoms with Crippen molar-refractivity contribution < 1.29 is 4.79 Å². The molecule has 0 bridgehead atoms. The summed E-state index contributed by atoms with van der Waals surface area (Å²) < 4.78 is 0. The van der Waals surface area contributed by atoms with E-state index in [1.165, 1.54) is 0 Å². The van der Waals surface area contributed by atoms with Crippen LogP contribution in [-0.4, -0.2) is 19.0 Å². The highest BCUT2D eigenvalue weighted by atomic mass is 35.5. The number of nitriles is 1. The largest absolute Gasteiger partial charge is 0.325 e. The molecule has 1 amide bonds. The Morgan fingerprint density at radius 3 is 3.11 bits per heavy atom. The highest BCUT2D eigenvalue weighted by molar-refractivity contribution is 6.33. The molecule has 0 aliphatic carbocycles. The number of piperidine rings is 1. The molecule has 100 valence electrons. The third kappa shape index (κ3) is 3.95. The predicted molar refractivity (Wildman–Crippen MR) is 75.0 cm³/mol. The molecule has 0 spiro atoms. The van der Waals surface area contributed by atoms with Gasteiger partial charge in [0.1, 0.15) is 0 Å². The van der Waals surface area contributed by atoms with Gasteiger partial charge in [-0.15, -0.1) is 0 Å². The highest BCUT2D eigenvalue weighted by Gasteiger charge is 2.17. The van der Waals surface area contributed by atoms with Crippen LogP contribution in [0.2, 0.25) is 5.02 Å². The van der Waals surface area contributed by atoms with Crippen LogP contribution in [0.25, 0.3) is 0 Å². The van der Waals surface area contributed by atoms with E-state index in [1.807, 2.05) is 6.07 Å². The zero-order chi connectivity index (χ0) is 13.7. The van der Waals surface area contributed by atoms with Crippen molar-refractivity contribution in [3.8, 4) is 6.07 Å². The minimum absolute atomic E-state index is 0.0503. The van der Waals surface area contributed by atoms with Gasteiger partial charge in [-0.2, -0.15) is 5.26 Å². The number of carbonyl (C=O) groups is 1. The third-order valence-corrected chi connectivity index (χ3v) is 3.57. The van der Waals surface area contributed by atoms with E-state index in [2.05, 4.69) is 10.6 Å². The Labute approximate surface area is 117 Å². The van der Waals surface area contributed by atoms with Crippen molar-refractivity contribution in [3.63, 3.8) is 0 Å². The number of anilines is 1. The van der Waals surface area contributed by atoms with E-state index in [-0.39, 0.29) is 5.91 Å². The smallest absolute Gasteiger partial charge is 0.224 e. The van der Waals surface area contributed by atoms with Gasteiger partial charge in [-0.3, -0.25) is 4.79 Å². The van der Waals surface area contributed by atoms with Gasteiger partial charge in [-0.25, -0.2) is 0 Å². The van der Waals surface area contributed by atoms with Crippen LogP contribution < -0.4 is 10.6 Å². The first-order valence-corrected chi connectivity index (χ1v) is 6.77. The van der Waals surface area contributed by atoms with Gasteiger partial charge in [0.2, 0.25) is 5.91 Å². The maximum atomic E-state index is 12.0. The van der Waals surface area contributed by atoms with E-state index >= 15 is 0 Å². The molecular weight excluding hydrogens is 262 g/mol. The van der Waals surface area contributed by atoms with Crippen LogP contribution in [0.4, 0.5) is 5.69 Å². The van der Waals surface area contributed by atoms with Crippen molar-refractivity contribution >= 4 is 23.2 Å². The summed E-state index contributed by atoms with van der Waals surface area (Å²) in [6.45, 7) is 1.92. The minimum Gasteiger partial charge on any atom is -0.325 e. The number of benzene rings is 1. The van der Waals surface area contributed by atoms with Crippen LogP contribution in [0.3, 0.4) is 0 Å². The Morgan fingerprint density at radius 1 is 1.58 bits per heavy atom. The van der Waals surface area contributed by atoms with Gasteiger partial charge in [-0.05, 0) is 50.0 Å². The van der Waals surface area contributed by atoms with Gasteiger partial charge in [0.25, 0.3) is 0 Å². The van der Waals surface area contributed by atoms with Gasteiger partial charge in [0.05, 0.1) is 22.3 Å². The minimum atomic E-state index is -0.0503. The second-order valence-electron chi connectivity index (χ2n) is 4.77. The van der Waals surface area contributed by atoms with Crippen LogP contribution in [0.5, 0.6) is 0 Å². The molecule has 1 unspecified atom stereocenters. The Balaban J connectivity index is 1.96. The topological polar surface area (TPSA) is 64.9 Å². The fraction of sp³-hybridized carbons (Fsp3) is 0.429. The van der Waals surface area contributed by atoms with E-state index in [9.17, 15) is 4.79 Å². The number of hydrogen-bond acceptors (Lipinski definition) is 3. The summed E-state index contributed by atoms with van der Waals surface area (Å²) in [5.74, 6) is 0.331. The summed E-state index contributed by atoms with van der Waals surface area (Å²) in [4.78, 5) is 12.0. The summed E-state index contributed by atoms with van der Waals surface area (Å²) in [5, 5.41) is 15.4. The quantitative estimate of drug-likeness (QED) is 0.892. The molecular formula is C14H16ClN3O. The number of carbonyl (C=O) groups excluding carboxylic acids is 1. The molecule has 0 saturated carbocycles. The van der Waals surface area contributed by atoms with E-state index < -0.39 is 0 Å². The summed E-state index contributed by atoms with van der Waals surface area (Å²) in [6, 6.07) is 6.88. The Bertz CT molecular complexity index is 504. The maximum absolute atomic E-state index is 12.0. The first-order valence-electron chi connectivity index (χ1n) is 6.39. The van der Waals surface area contributed by atoms with Crippen molar-refractivity contribution in [2.45, 2.75) is 19.3 Å². The number of hydrogen-bond donors (Lipinski definition) is 2. The molecule has 19 heavy (non-hydrogen) atoms. The molecule has 4 nitrogen and oxygen atoms in total. The lowest BCUT2D eigenvalue weighted by Gasteiger charge is -2.22. The van der Waals surface area contributed by atoms with E-state index in [0.29, 0.717) is 28.6 Å². The van der Waals surface area contributed by atoms with Crippen LogP contribution in [-0.2, 0) is 4.79 Å². The van der Waals surface area contributed by atoms with Crippen LogP contribution in [0, 0.1) is 17.2 Å². The lowest BCUT2D eigenvalue weighted by atomic mass is 9.96. The molecule has 0 radical (unpaired) electrons. The lowest BCUT2D eigenvalue weighted by Crippen LogP contribution is -2.32. The fourth-order valence-electron chi connectivity index (χ4n) is 2.25. The fourth-order valence-corrected chi connectivity index (χ4v) is 2.42. The zero-order valence-corrected chi connectivity index (χ0v) is 11.3. The molecule has 1 fully saturated rings. The molecule has 1 heterocycles. The summed E-state index contributed by atoms with van der Waals surface area (Å²) in [5.41, 5.74) is 0.994. The second-order valence-corrected chi connectivity index (χ2v) is 5.18. The van der Waals surface area contributed by atoms with Crippen LogP contribution in [0.1, 0.15) is 24.8 Å². The van der Waals surface area contributed by atoms with Gasteiger partial charge in [0, 0.05) is 6.42 Å². The van der Waals surface area contributed by atoms with Gasteiger partial charge in [-0.1, -0.05) is 11.6 Å². The normalized spacial score (nSPS) is 18.6. The molecule has 5 heteroatoms. The predicted octanol–water partition coefficient (Wildman–Crippen LogP) is 2.54. The first kappa shape index (κ1) is 13.9. The zero-order valence-electron chi connectivity index (χ0n) is 10.6. The molecule has 1 aliphatic rings. The van der Waals surface area contributed by atoms with Crippen LogP contribution >= 0.6 is 11.6 Å². The number of rotatable bonds is 3. The van der Waals surface area contributed by atoms with E-state index in [0.717, 1.165) is 25.9 Å². The monoisotopic (exact) mass is 277 g/mol. The van der Waals surface area contributed by atoms with Crippen molar-refractivity contribution in [3.05, 3.63) is 28.8 Å². The van der Waals surface area contributed by atoms with Crippen molar-refractivity contribution in [1.82, 2.24) is 5.32 Å². The van der Waals surface area contributed by atoms with Gasteiger partial charge in [0.15, 0.2) is 0 Å². The van der Waals surface area contributed by atoms with Crippen molar-refractivity contribution in [2.24, 2.45) is 5.92 Å². The van der Waals surface area contributed by atoms with Crippen molar-refractivity contribution in [2.75, 3.05) is 18.4 Å². The summed E-state index contributed by atoms with van der Waals surface area (Å²) in [7, 11) is 0. The average molecular weight is 278 g/mol. The number of nitrogens with one attached hydrogen (secondary N) is 2. The SMILES string of the molecule is N#Cc1ccc(Cl)c(NC(=O)CC2CCCNC2)c1. The summed E-state index contributed by atoms with van der Waals surface area (Å²) in [6.07, 6.45) is 2.68. The Kier molecular flexibility index (Phi) is 4.78. The standard InChI is InChI=1S/C14H16ClN3O/c15-12-4-3-10(8-16)6-13(12)18-14(19)7-11-2-1-5-17-9-11/h3-4,6,11,17H,1-2,5,7,9H2,(H,18,19). The number of amides is 1. The van der Waals surface area contributed by atoms with E-state index in [1.54, 1.807) is 18.2 Å². The molecule has 1 saturated heterocycles. The van der Waals surface area contributed by atoms with Gasteiger partial charge < -0.3 is 10.6 Å². The molecule has 1 aromatic carbocycles. The van der Waals surface area contributed by atoms with Crippen LogP contribution in [0.15, 0.2) is 18.2 Å². The molecule has 1 atom stereocenters. The maximum Gasteiger partial charge on any atom is 0.224 e. The summed E-state index contributed by atoms with van der Waals surface area (Å²) >= 11 is 6.00. The van der Waals surface area contributed by atoms with Gasteiger partial charge >= 0.3 is 0 Å². The number of halogens is 1. The average Bonchev–Trinajstić information content (AvgIpc) is 2.42. The molecule has 2 rings (SSSR count). The molecule has 1 aliphatic heterocycles. The lowest BCUT2D eigenvalue weighted by molar-refractivity contribution is -0.117. The third-order valence-electron chi connectivity index (χ3n) is 3.24. The molecule has 1 aromatic rings. The van der Waals surface area contributed by atoms with E-state index in [4.69, 9.17) is 16.9 Å². The number of nitrogens with zero attached hydrogens (tertiary/aromatic N) is 1. The first-order chi connectivity index (χ1) is 9.19. The highest BCUT2D eigenvalue weighted by Crippen LogP contribution is 2.23. The molecule has 2 N–H and O–H groups in total. The Morgan fingerprint density at radius 2 is 2.42 bits per heavy atom. The molecule has 0 aromatic heterocycles. The second kappa shape index (κ2) is 6.55. The van der Waals surface area contributed by atoms with Crippen molar-refractivity contribution in [1.29, 1.82) is 5.26 Å². The Hall–Kier alpha value is -1.57.